The Hall–Kier alpha value is -3.94. The van der Waals surface area contributed by atoms with Crippen LogP contribution in [0.25, 0.3) is 0 Å². The zero-order valence-corrected chi connectivity index (χ0v) is 18.9. The Kier molecular flexibility index (Phi) is 7.70. The predicted octanol–water partition coefficient (Wildman–Crippen LogP) is 3.63. The van der Waals surface area contributed by atoms with Crippen LogP contribution in [0.4, 0.5) is 5.69 Å². The maximum absolute atomic E-state index is 13.6. The van der Waals surface area contributed by atoms with Crippen molar-refractivity contribution in [2.45, 2.75) is 44.2 Å². The molecule has 8 nitrogen and oxygen atoms in total. The van der Waals surface area contributed by atoms with Crippen LogP contribution >= 0.6 is 0 Å². The Bertz CT molecular complexity index is 1080. The molecule has 3 aromatic rings. The number of furan rings is 1. The van der Waals surface area contributed by atoms with Gasteiger partial charge in [-0.05, 0) is 43.2 Å². The van der Waals surface area contributed by atoms with Crippen LogP contribution in [0.2, 0.25) is 0 Å². The third-order valence-electron chi connectivity index (χ3n) is 5.91. The van der Waals surface area contributed by atoms with E-state index in [2.05, 4.69) is 15.6 Å². The largest absolute Gasteiger partial charge is 0.459 e. The second-order valence-electron chi connectivity index (χ2n) is 8.29. The van der Waals surface area contributed by atoms with E-state index < -0.39 is 17.9 Å². The summed E-state index contributed by atoms with van der Waals surface area (Å²) in [5, 5.41) is 5.74. The molecule has 0 bridgehead atoms. The number of nitrogens with one attached hydrogen (secondary N) is 2. The quantitative estimate of drug-likeness (QED) is 0.534. The average Bonchev–Trinajstić information content (AvgIpc) is 3.42. The second-order valence-corrected chi connectivity index (χ2v) is 8.29. The lowest BCUT2D eigenvalue weighted by Gasteiger charge is -2.33. The number of nitrogens with zero attached hydrogens (tertiary/aromatic N) is 2. The number of anilines is 1. The van der Waals surface area contributed by atoms with Crippen molar-refractivity contribution >= 4 is 23.4 Å². The third-order valence-corrected chi connectivity index (χ3v) is 5.91. The maximum Gasteiger partial charge on any atom is 0.287 e. The molecule has 1 aliphatic rings. The van der Waals surface area contributed by atoms with E-state index in [4.69, 9.17) is 4.42 Å². The number of rotatable bonds is 8. The molecule has 3 amide bonds. The second kappa shape index (κ2) is 11.3. The lowest BCUT2D eigenvalue weighted by molar-refractivity contribution is -0.127. The molecule has 1 aromatic carbocycles. The van der Waals surface area contributed by atoms with Gasteiger partial charge in [0, 0.05) is 29.7 Å². The van der Waals surface area contributed by atoms with Crippen molar-refractivity contribution < 1.29 is 18.8 Å². The first-order valence-corrected chi connectivity index (χ1v) is 11.5. The Morgan fingerprint density at radius 3 is 2.47 bits per heavy atom. The highest BCUT2D eigenvalue weighted by molar-refractivity contribution is 6.04. The summed E-state index contributed by atoms with van der Waals surface area (Å²) in [6.45, 7) is -0.304. The highest BCUT2D eigenvalue weighted by Gasteiger charge is 2.34. The van der Waals surface area contributed by atoms with Crippen LogP contribution in [0.3, 0.4) is 0 Å². The molecule has 0 unspecified atom stereocenters. The monoisotopic (exact) mass is 460 g/mol. The fraction of sp³-hybridized carbons (Fsp3) is 0.308. The van der Waals surface area contributed by atoms with Crippen LogP contribution in [-0.4, -0.2) is 35.3 Å². The molecule has 34 heavy (non-hydrogen) atoms. The van der Waals surface area contributed by atoms with Crippen LogP contribution in [0.1, 0.15) is 54.3 Å². The highest BCUT2D eigenvalue weighted by atomic mass is 16.3. The van der Waals surface area contributed by atoms with Gasteiger partial charge < -0.3 is 15.1 Å². The van der Waals surface area contributed by atoms with Gasteiger partial charge in [-0.2, -0.15) is 0 Å². The van der Waals surface area contributed by atoms with E-state index in [0.717, 1.165) is 25.7 Å². The normalized spacial score (nSPS) is 14.7. The first-order chi connectivity index (χ1) is 16.6. The number of hydrogen-bond donors (Lipinski definition) is 2. The fourth-order valence-electron chi connectivity index (χ4n) is 4.24. The van der Waals surface area contributed by atoms with Gasteiger partial charge in [0.25, 0.3) is 5.91 Å². The SMILES string of the molecule is O=C(NCC(=O)N(c1ccccc1)[C@@H](C(=O)NC1CCCCC1)c1cccnc1)c1ccco1. The zero-order valence-electron chi connectivity index (χ0n) is 18.9. The van der Waals surface area contributed by atoms with Crippen molar-refractivity contribution in [2.24, 2.45) is 0 Å². The summed E-state index contributed by atoms with van der Waals surface area (Å²) in [5.74, 6) is -1.10. The Balaban J connectivity index is 1.63. The molecule has 2 N–H and O–H groups in total. The molecule has 1 atom stereocenters. The molecule has 0 radical (unpaired) electrons. The zero-order chi connectivity index (χ0) is 23.8. The van der Waals surface area contributed by atoms with Crippen molar-refractivity contribution in [2.75, 3.05) is 11.4 Å². The van der Waals surface area contributed by atoms with E-state index in [1.807, 2.05) is 6.07 Å². The minimum atomic E-state index is -0.939. The number of carbonyl (C=O) groups excluding carboxylic acids is 3. The van der Waals surface area contributed by atoms with Crippen LogP contribution < -0.4 is 15.5 Å². The van der Waals surface area contributed by atoms with Crippen LogP contribution in [0.15, 0.2) is 77.7 Å². The lowest BCUT2D eigenvalue weighted by Crippen LogP contribution is -2.49. The van der Waals surface area contributed by atoms with Gasteiger partial charge in [-0.15, -0.1) is 0 Å². The van der Waals surface area contributed by atoms with Gasteiger partial charge in [-0.25, -0.2) is 0 Å². The van der Waals surface area contributed by atoms with E-state index in [0.29, 0.717) is 11.3 Å². The van der Waals surface area contributed by atoms with Crippen molar-refractivity contribution in [3.05, 3.63) is 84.6 Å². The Morgan fingerprint density at radius 1 is 1.00 bits per heavy atom. The van der Waals surface area contributed by atoms with Gasteiger partial charge >= 0.3 is 0 Å². The molecule has 8 heteroatoms. The molecule has 0 aliphatic heterocycles. The van der Waals surface area contributed by atoms with Crippen LogP contribution in [-0.2, 0) is 9.59 Å². The van der Waals surface area contributed by atoms with Crippen molar-refractivity contribution in [3.63, 3.8) is 0 Å². The molecule has 1 aliphatic carbocycles. The smallest absolute Gasteiger partial charge is 0.287 e. The highest BCUT2D eigenvalue weighted by Crippen LogP contribution is 2.28. The van der Waals surface area contributed by atoms with Crippen molar-refractivity contribution in [3.8, 4) is 0 Å². The summed E-state index contributed by atoms with van der Waals surface area (Å²) in [6, 6.07) is 14.8. The number of para-hydroxylation sites is 1. The molecular weight excluding hydrogens is 432 g/mol. The molecule has 4 rings (SSSR count). The fourth-order valence-corrected chi connectivity index (χ4v) is 4.24. The molecular formula is C26H28N4O4. The first-order valence-electron chi connectivity index (χ1n) is 11.5. The van der Waals surface area contributed by atoms with E-state index in [1.165, 1.54) is 23.7 Å². The van der Waals surface area contributed by atoms with Crippen LogP contribution in [0.5, 0.6) is 0 Å². The summed E-state index contributed by atoms with van der Waals surface area (Å²) in [5.41, 5.74) is 1.14. The van der Waals surface area contributed by atoms with Gasteiger partial charge in [0.2, 0.25) is 11.8 Å². The number of pyridine rings is 1. The minimum absolute atomic E-state index is 0.0757. The number of hydrogen-bond acceptors (Lipinski definition) is 5. The summed E-state index contributed by atoms with van der Waals surface area (Å²) in [7, 11) is 0. The molecule has 2 heterocycles. The molecule has 2 aromatic heterocycles. The molecule has 176 valence electrons. The first kappa shape index (κ1) is 23.2. The molecule has 1 fully saturated rings. The lowest BCUT2D eigenvalue weighted by atomic mass is 9.94. The summed E-state index contributed by atoms with van der Waals surface area (Å²) >= 11 is 0. The van der Waals surface area contributed by atoms with Gasteiger partial charge in [0.05, 0.1) is 12.8 Å². The van der Waals surface area contributed by atoms with Gasteiger partial charge in [0.15, 0.2) is 5.76 Å². The third kappa shape index (κ3) is 5.70. The van der Waals surface area contributed by atoms with Crippen molar-refractivity contribution in [1.29, 1.82) is 0 Å². The number of benzene rings is 1. The van der Waals surface area contributed by atoms with Gasteiger partial charge in [-0.3, -0.25) is 24.3 Å². The molecule has 0 saturated heterocycles. The summed E-state index contributed by atoms with van der Waals surface area (Å²) in [4.78, 5) is 45.1. The van der Waals surface area contributed by atoms with Crippen molar-refractivity contribution in [1.82, 2.24) is 15.6 Å². The summed E-state index contributed by atoms with van der Waals surface area (Å²) in [6.07, 6.45) is 9.76. The molecule has 0 spiro atoms. The molecule has 1 saturated carbocycles. The topological polar surface area (TPSA) is 105 Å². The van der Waals surface area contributed by atoms with Gasteiger partial charge in [0.1, 0.15) is 6.04 Å². The van der Waals surface area contributed by atoms with E-state index in [9.17, 15) is 14.4 Å². The predicted molar refractivity (Wildman–Crippen MR) is 127 cm³/mol. The number of amides is 3. The Labute approximate surface area is 198 Å². The van der Waals surface area contributed by atoms with Gasteiger partial charge in [-0.1, -0.05) is 43.5 Å². The summed E-state index contributed by atoms with van der Waals surface area (Å²) < 4.78 is 5.10. The standard InChI is InChI=1S/C26H28N4O4/c31-23(18-28-25(32)22-14-8-16-34-22)30(21-12-5-2-6-13-21)24(19-9-7-15-27-17-19)26(33)29-20-10-3-1-4-11-20/h2,5-9,12-17,20,24H,1,3-4,10-11,18H2,(H,28,32)(H,29,33)/t24-/m1/s1. The maximum atomic E-state index is 13.6. The van der Waals surface area contributed by atoms with E-state index in [-0.39, 0.29) is 24.3 Å². The average molecular weight is 461 g/mol. The number of carbonyl (C=O) groups is 3. The minimum Gasteiger partial charge on any atom is -0.459 e. The number of aromatic nitrogens is 1. The van der Waals surface area contributed by atoms with Crippen LogP contribution in [0, 0.1) is 0 Å². The Morgan fingerprint density at radius 2 is 1.79 bits per heavy atom. The van der Waals surface area contributed by atoms with E-state index >= 15 is 0 Å². The van der Waals surface area contributed by atoms with E-state index in [1.54, 1.807) is 54.9 Å².